The van der Waals surface area contributed by atoms with Crippen molar-refractivity contribution in [1.82, 2.24) is 19.7 Å². The number of imide groups is 1. The predicted octanol–water partition coefficient (Wildman–Crippen LogP) is 0.897. The first-order valence-electron chi connectivity index (χ1n) is 8.17. The van der Waals surface area contributed by atoms with Gasteiger partial charge < -0.3 is 14.5 Å². The number of urea groups is 1. The summed E-state index contributed by atoms with van der Waals surface area (Å²) in [7, 11) is 4.65. The molecule has 0 aliphatic carbocycles. The molecule has 0 aromatic carbocycles. The smallest absolute Gasteiger partial charge is 0.327 e. The van der Waals surface area contributed by atoms with Crippen LogP contribution in [0.15, 0.2) is 12.3 Å². The first-order valence-corrected chi connectivity index (χ1v) is 8.17. The number of hydrogen-bond donors (Lipinski definition) is 0. The molecule has 0 unspecified atom stereocenters. The maximum absolute atomic E-state index is 12.9. The molecule has 2 saturated heterocycles. The van der Waals surface area contributed by atoms with Crippen molar-refractivity contribution in [3.05, 3.63) is 23.5 Å². The van der Waals surface area contributed by atoms with Crippen molar-refractivity contribution in [1.29, 1.82) is 0 Å². The highest BCUT2D eigenvalue weighted by Gasteiger charge is 2.55. The van der Waals surface area contributed by atoms with Gasteiger partial charge in [0.1, 0.15) is 11.3 Å². The maximum atomic E-state index is 12.9. The van der Waals surface area contributed by atoms with Gasteiger partial charge in [0.2, 0.25) is 0 Å². The van der Waals surface area contributed by atoms with E-state index in [2.05, 4.69) is 4.98 Å². The van der Waals surface area contributed by atoms with Crippen LogP contribution < -0.4 is 4.74 Å². The first-order chi connectivity index (χ1) is 11.8. The molecule has 1 aromatic rings. The van der Waals surface area contributed by atoms with E-state index in [1.165, 1.54) is 25.3 Å². The molecule has 3 heterocycles. The third-order valence-electron chi connectivity index (χ3n) is 5.25. The second-order valence-corrected chi connectivity index (χ2v) is 6.56. The molecule has 2 aliphatic rings. The van der Waals surface area contributed by atoms with Crippen LogP contribution in [-0.2, 0) is 4.79 Å². The van der Waals surface area contributed by atoms with E-state index >= 15 is 0 Å². The Morgan fingerprint density at radius 3 is 2.40 bits per heavy atom. The van der Waals surface area contributed by atoms with Crippen LogP contribution in [0.1, 0.15) is 28.9 Å². The number of carbonyl (C=O) groups excluding carboxylic acids is 3. The van der Waals surface area contributed by atoms with Crippen LogP contribution in [0.2, 0.25) is 0 Å². The Balaban J connectivity index is 1.79. The van der Waals surface area contributed by atoms with Crippen LogP contribution in [0, 0.1) is 6.92 Å². The van der Waals surface area contributed by atoms with Gasteiger partial charge in [0, 0.05) is 32.9 Å². The molecular formula is C17H22N4O4. The van der Waals surface area contributed by atoms with Gasteiger partial charge in [-0.2, -0.15) is 0 Å². The molecule has 2 fully saturated rings. The summed E-state index contributed by atoms with van der Waals surface area (Å²) >= 11 is 0. The summed E-state index contributed by atoms with van der Waals surface area (Å²) in [5, 5.41) is 0. The fourth-order valence-corrected chi connectivity index (χ4v) is 3.63. The lowest BCUT2D eigenvalue weighted by Crippen LogP contribution is -2.56. The number of hydrogen-bond acceptors (Lipinski definition) is 5. The van der Waals surface area contributed by atoms with Gasteiger partial charge >= 0.3 is 6.03 Å². The topological polar surface area (TPSA) is 83.0 Å². The van der Waals surface area contributed by atoms with Crippen LogP contribution in [0.4, 0.5) is 4.79 Å². The van der Waals surface area contributed by atoms with Gasteiger partial charge in [-0.25, -0.2) is 4.79 Å². The Morgan fingerprint density at radius 1 is 1.24 bits per heavy atom. The Hall–Kier alpha value is -2.64. The van der Waals surface area contributed by atoms with Gasteiger partial charge in [-0.3, -0.25) is 19.5 Å². The summed E-state index contributed by atoms with van der Waals surface area (Å²) in [6, 6.07) is 1.41. The summed E-state index contributed by atoms with van der Waals surface area (Å²) in [5.74, 6) is 0.0919. The number of likely N-dealkylation sites (tertiary alicyclic amines) is 1. The molecule has 0 atom stereocenters. The SMILES string of the molecule is COc1cnc(C)cc1C(=O)N1CCC2(CC1)C(=O)N(C)C(=O)N2C. The number of pyridine rings is 1. The Bertz CT molecular complexity index is 740. The molecule has 0 saturated carbocycles. The first kappa shape index (κ1) is 17.2. The zero-order valence-electron chi connectivity index (χ0n) is 14.9. The number of amides is 4. The lowest BCUT2D eigenvalue weighted by molar-refractivity contribution is -0.134. The summed E-state index contributed by atoms with van der Waals surface area (Å²) in [6.07, 6.45) is 2.39. The third-order valence-corrected chi connectivity index (χ3v) is 5.25. The summed E-state index contributed by atoms with van der Waals surface area (Å²) in [4.78, 5) is 46.0. The summed E-state index contributed by atoms with van der Waals surface area (Å²) < 4.78 is 5.24. The fourth-order valence-electron chi connectivity index (χ4n) is 3.63. The van der Waals surface area contributed by atoms with E-state index in [1.807, 2.05) is 6.92 Å². The molecule has 8 heteroatoms. The minimum absolute atomic E-state index is 0.148. The van der Waals surface area contributed by atoms with Gasteiger partial charge in [-0.15, -0.1) is 0 Å². The van der Waals surface area contributed by atoms with Crippen LogP contribution in [-0.4, -0.2) is 77.4 Å². The van der Waals surface area contributed by atoms with E-state index in [0.29, 0.717) is 37.2 Å². The lowest BCUT2D eigenvalue weighted by Gasteiger charge is -2.40. The molecule has 8 nitrogen and oxygen atoms in total. The van der Waals surface area contributed by atoms with Crippen molar-refractivity contribution < 1.29 is 19.1 Å². The molecule has 0 N–H and O–H groups in total. The summed E-state index contributed by atoms with van der Waals surface area (Å²) in [5.41, 5.74) is 0.363. The van der Waals surface area contributed by atoms with Crippen LogP contribution in [0.25, 0.3) is 0 Å². The quantitative estimate of drug-likeness (QED) is 0.743. The number of rotatable bonds is 2. The number of aryl methyl sites for hydroxylation is 1. The Kier molecular flexibility index (Phi) is 4.14. The zero-order valence-corrected chi connectivity index (χ0v) is 14.9. The minimum atomic E-state index is -0.832. The molecule has 0 radical (unpaired) electrons. The van der Waals surface area contributed by atoms with E-state index < -0.39 is 5.54 Å². The van der Waals surface area contributed by atoms with Gasteiger partial charge in [0.25, 0.3) is 11.8 Å². The number of carbonyl (C=O) groups is 3. The number of aromatic nitrogens is 1. The number of piperidine rings is 1. The molecule has 0 bridgehead atoms. The van der Waals surface area contributed by atoms with Crippen LogP contribution in [0.3, 0.4) is 0 Å². The van der Waals surface area contributed by atoms with Crippen molar-refractivity contribution in [2.75, 3.05) is 34.3 Å². The average Bonchev–Trinajstić information content (AvgIpc) is 2.78. The van der Waals surface area contributed by atoms with E-state index in [1.54, 1.807) is 18.0 Å². The number of ether oxygens (including phenoxy) is 1. The normalized spacial score (nSPS) is 19.8. The van der Waals surface area contributed by atoms with Crippen LogP contribution >= 0.6 is 0 Å². The van der Waals surface area contributed by atoms with Crippen molar-refractivity contribution in [3.63, 3.8) is 0 Å². The second kappa shape index (κ2) is 6.02. The lowest BCUT2D eigenvalue weighted by atomic mass is 9.86. The fraction of sp³-hybridized carbons (Fsp3) is 0.529. The highest BCUT2D eigenvalue weighted by molar-refractivity contribution is 6.07. The maximum Gasteiger partial charge on any atom is 0.327 e. The molecule has 4 amide bonds. The van der Waals surface area contributed by atoms with Gasteiger partial charge in [0.05, 0.1) is 18.9 Å². The van der Waals surface area contributed by atoms with Crippen molar-refractivity contribution >= 4 is 17.8 Å². The average molecular weight is 346 g/mol. The molecule has 134 valence electrons. The number of methoxy groups -OCH3 is 1. The van der Waals surface area contributed by atoms with E-state index in [-0.39, 0.29) is 17.8 Å². The number of nitrogens with zero attached hydrogens (tertiary/aromatic N) is 4. The highest BCUT2D eigenvalue weighted by atomic mass is 16.5. The van der Waals surface area contributed by atoms with Crippen molar-refractivity contribution in [3.8, 4) is 5.75 Å². The third kappa shape index (κ3) is 2.52. The van der Waals surface area contributed by atoms with Crippen molar-refractivity contribution in [2.45, 2.75) is 25.3 Å². The molecule has 2 aliphatic heterocycles. The van der Waals surface area contributed by atoms with Gasteiger partial charge in [-0.05, 0) is 25.8 Å². The molecule has 25 heavy (non-hydrogen) atoms. The highest BCUT2D eigenvalue weighted by Crippen LogP contribution is 2.36. The molecule has 1 spiro atoms. The Labute approximate surface area is 146 Å². The molecular weight excluding hydrogens is 324 g/mol. The predicted molar refractivity (Wildman–Crippen MR) is 89.3 cm³/mol. The summed E-state index contributed by atoms with van der Waals surface area (Å²) in [6.45, 7) is 2.62. The van der Waals surface area contributed by atoms with E-state index in [0.717, 1.165) is 10.6 Å². The largest absolute Gasteiger partial charge is 0.494 e. The monoisotopic (exact) mass is 346 g/mol. The minimum Gasteiger partial charge on any atom is -0.494 e. The van der Waals surface area contributed by atoms with Gasteiger partial charge in [-0.1, -0.05) is 0 Å². The standard InChI is InChI=1S/C17H22N4O4/c1-11-9-12(13(25-4)10-18-11)14(22)21-7-5-17(6-8-21)15(23)19(2)16(24)20(17)3/h9-10H,5-8H2,1-4H3. The van der Waals surface area contributed by atoms with Gasteiger partial charge in [0.15, 0.2) is 0 Å². The molecule has 3 rings (SSSR count). The Morgan fingerprint density at radius 2 is 1.88 bits per heavy atom. The zero-order chi connectivity index (χ0) is 18.4. The number of likely N-dealkylation sites (N-methyl/N-ethyl adjacent to an activating group) is 2. The van der Waals surface area contributed by atoms with E-state index in [9.17, 15) is 14.4 Å². The van der Waals surface area contributed by atoms with Crippen LogP contribution in [0.5, 0.6) is 5.75 Å². The molecule has 1 aromatic heterocycles. The van der Waals surface area contributed by atoms with Crippen molar-refractivity contribution in [2.24, 2.45) is 0 Å². The second-order valence-electron chi connectivity index (χ2n) is 6.56. The van der Waals surface area contributed by atoms with E-state index in [4.69, 9.17) is 4.74 Å².